The lowest BCUT2D eigenvalue weighted by Gasteiger charge is -2.06. The molecule has 0 saturated heterocycles. The first-order chi connectivity index (χ1) is 6.77. The summed E-state index contributed by atoms with van der Waals surface area (Å²) in [5.41, 5.74) is 2.35. The zero-order valence-corrected chi connectivity index (χ0v) is 8.60. The Morgan fingerprint density at radius 3 is 3.00 bits per heavy atom. The highest BCUT2D eigenvalue weighted by Crippen LogP contribution is 2.28. The molecule has 0 bridgehead atoms. The topological polar surface area (TPSA) is 37.3 Å². The van der Waals surface area contributed by atoms with Gasteiger partial charge in [-0.3, -0.25) is 4.79 Å². The predicted octanol–water partition coefficient (Wildman–Crippen LogP) is 2.51. The molecule has 1 aromatic heterocycles. The fourth-order valence-electron chi connectivity index (χ4n) is 1.66. The molecule has 72 valence electrons. The number of hydrogen-bond donors (Lipinski definition) is 1. The number of carbonyl (C=O) groups is 1. The third-order valence-corrected chi connectivity index (χ3v) is 3.35. The monoisotopic (exact) mass is 206 g/mol. The number of benzene rings is 1. The first-order valence-electron chi connectivity index (χ1n) is 4.33. The van der Waals surface area contributed by atoms with Gasteiger partial charge in [0.2, 0.25) is 0 Å². The maximum Gasteiger partial charge on any atom is 0.151 e. The maximum absolute atomic E-state index is 10.9. The maximum atomic E-state index is 10.9. The van der Waals surface area contributed by atoms with E-state index in [9.17, 15) is 9.90 Å². The molecule has 3 heteroatoms. The number of rotatable bonds is 2. The van der Waals surface area contributed by atoms with Gasteiger partial charge in [-0.2, -0.15) is 0 Å². The Kier molecular flexibility index (Phi) is 2.35. The molecule has 0 radical (unpaired) electrons. The highest BCUT2D eigenvalue weighted by Gasteiger charge is 2.10. The van der Waals surface area contributed by atoms with E-state index in [0.717, 1.165) is 27.5 Å². The molecule has 0 unspecified atom stereocenters. The molecular weight excluding hydrogens is 196 g/mol. The van der Waals surface area contributed by atoms with Gasteiger partial charge in [0.05, 0.1) is 6.61 Å². The average molecular weight is 206 g/mol. The highest BCUT2D eigenvalue weighted by atomic mass is 32.1. The lowest BCUT2D eigenvalue weighted by Crippen LogP contribution is -1.96. The summed E-state index contributed by atoms with van der Waals surface area (Å²) in [6.45, 7) is 1.84. The van der Waals surface area contributed by atoms with Crippen molar-refractivity contribution < 1.29 is 9.90 Å². The Bertz CT molecular complexity index is 485. The molecule has 0 fully saturated rings. The molecule has 0 amide bonds. The summed E-state index contributed by atoms with van der Waals surface area (Å²) < 4.78 is 0.967. The van der Waals surface area contributed by atoms with Gasteiger partial charge in [-0.25, -0.2) is 0 Å². The van der Waals surface area contributed by atoms with Crippen LogP contribution in [0.3, 0.4) is 0 Å². The Labute approximate surface area is 85.8 Å². The van der Waals surface area contributed by atoms with E-state index in [-0.39, 0.29) is 6.61 Å². The molecular formula is C11H10O2S. The van der Waals surface area contributed by atoms with Crippen LogP contribution in [0.25, 0.3) is 10.1 Å². The molecule has 2 nitrogen and oxygen atoms in total. The number of aliphatic hydroxyl groups is 1. The Hall–Kier alpha value is -1.19. The van der Waals surface area contributed by atoms with E-state index in [4.69, 9.17) is 0 Å². The minimum absolute atomic E-state index is 0.0756. The van der Waals surface area contributed by atoms with Crippen LogP contribution in [0.1, 0.15) is 21.5 Å². The SMILES string of the molecule is Cc1cc2ccsc2c(C=O)c1CO. The lowest BCUT2D eigenvalue weighted by atomic mass is 10.0. The molecule has 1 heterocycles. The normalized spacial score (nSPS) is 10.7. The standard InChI is InChI=1S/C11H10O2S/c1-7-4-8-2-3-14-11(8)10(6-13)9(7)5-12/h2-4,6,12H,5H2,1H3. The third-order valence-electron chi connectivity index (χ3n) is 2.39. The fourth-order valence-corrected chi connectivity index (χ4v) is 2.57. The average Bonchev–Trinajstić information content (AvgIpc) is 2.62. The number of carbonyl (C=O) groups excluding carboxylic acids is 1. The summed E-state index contributed by atoms with van der Waals surface area (Å²) in [5.74, 6) is 0. The van der Waals surface area contributed by atoms with Crippen LogP contribution in [0.2, 0.25) is 0 Å². The Morgan fingerprint density at radius 1 is 1.57 bits per heavy atom. The molecule has 2 rings (SSSR count). The summed E-state index contributed by atoms with van der Waals surface area (Å²) in [7, 11) is 0. The predicted molar refractivity (Wildman–Crippen MR) is 57.9 cm³/mol. The van der Waals surface area contributed by atoms with Gasteiger partial charge in [0.15, 0.2) is 6.29 Å². The van der Waals surface area contributed by atoms with E-state index in [0.29, 0.717) is 5.56 Å². The number of hydrogen-bond acceptors (Lipinski definition) is 3. The second-order valence-electron chi connectivity index (χ2n) is 3.20. The van der Waals surface area contributed by atoms with Gasteiger partial charge in [-0.15, -0.1) is 11.3 Å². The zero-order valence-electron chi connectivity index (χ0n) is 7.78. The Balaban J connectivity index is 2.88. The van der Waals surface area contributed by atoms with Crippen molar-refractivity contribution in [1.82, 2.24) is 0 Å². The van der Waals surface area contributed by atoms with Crippen molar-refractivity contribution in [2.75, 3.05) is 0 Å². The molecule has 0 atom stereocenters. The number of aldehydes is 1. The van der Waals surface area contributed by atoms with Gasteiger partial charge in [0.25, 0.3) is 0 Å². The summed E-state index contributed by atoms with van der Waals surface area (Å²) in [6.07, 6.45) is 0.831. The van der Waals surface area contributed by atoms with E-state index >= 15 is 0 Å². The van der Waals surface area contributed by atoms with Crippen LogP contribution in [-0.4, -0.2) is 11.4 Å². The largest absolute Gasteiger partial charge is 0.392 e. The number of aliphatic hydroxyl groups excluding tert-OH is 1. The molecule has 2 aromatic rings. The van der Waals surface area contributed by atoms with Crippen LogP contribution < -0.4 is 0 Å². The smallest absolute Gasteiger partial charge is 0.151 e. The van der Waals surface area contributed by atoms with Crippen molar-refractivity contribution in [3.05, 3.63) is 34.2 Å². The van der Waals surface area contributed by atoms with Crippen LogP contribution in [0.4, 0.5) is 0 Å². The second kappa shape index (κ2) is 3.52. The van der Waals surface area contributed by atoms with Gasteiger partial charge in [-0.1, -0.05) is 6.07 Å². The van der Waals surface area contributed by atoms with Crippen molar-refractivity contribution in [3.8, 4) is 0 Å². The summed E-state index contributed by atoms with van der Waals surface area (Å²) in [4.78, 5) is 10.9. The zero-order chi connectivity index (χ0) is 10.1. The summed E-state index contributed by atoms with van der Waals surface area (Å²) >= 11 is 1.53. The van der Waals surface area contributed by atoms with Gasteiger partial charge in [0.1, 0.15) is 0 Å². The summed E-state index contributed by atoms with van der Waals surface area (Å²) in [5, 5.41) is 12.2. The number of aryl methyl sites for hydroxylation is 1. The van der Waals surface area contributed by atoms with Gasteiger partial charge in [0, 0.05) is 10.3 Å². The van der Waals surface area contributed by atoms with Crippen LogP contribution in [0, 0.1) is 6.92 Å². The molecule has 14 heavy (non-hydrogen) atoms. The van der Waals surface area contributed by atoms with Crippen molar-refractivity contribution in [3.63, 3.8) is 0 Å². The molecule has 0 aliphatic carbocycles. The quantitative estimate of drug-likeness (QED) is 0.766. The first kappa shape index (κ1) is 9.37. The third kappa shape index (κ3) is 1.25. The number of fused-ring (bicyclic) bond motifs is 1. The Morgan fingerprint density at radius 2 is 2.36 bits per heavy atom. The molecule has 0 saturated carbocycles. The molecule has 0 aliphatic heterocycles. The van der Waals surface area contributed by atoms with Crippen LogP contribution in [-0.2, 0) is 6.61 Å². The van der Waals surface area contributed by atoms with Gasteiger partial charge in [-0.05, 0) is 34.9 Å². The molecule has 0 aliphatic rings. The molecule has 1 aromatic carbocycles. The van der Waals surface area contributed by atoms with E-state index in [1.165, 1.54) is 11.3 Å². The second-order valence-corrected chi connectivity index (χ2v) is 4.12. The van der Waals surface area contributed by atoms with E-state index < -0.39 is 0 Å². The minimum Gasteiger partial charge on any atom is -0.392 e. The number of thiophene rings is 1. The first-order valence-corrected chi connectivity index (χ1v) is 5.21. The van der Waals surface area contributed by atoms with Crippen molar-refractivity contribution in [2.24, 2.45) is 0 Å². The van der Waals surface area contributed by atoms with E-state index in [1.807, 2.05) is 24.4 Å². The van der Waals surface area contributed by atoms with E-state index in [2.05, 4.69) is 0 Å². The summed E-state index contributed by atoms with van der Waals surface area (Å²) in [6, 6.07) is 3.99. The van der Waals surface area contributed by atoms with Crippen LogP contribution in [0.15, 0.2) is 17.5 Å². The van der Waals surface area contributed by atoms with Crippen molar-refractivity contribution in [2.45, 2.75) is 13.5 Å². The molecule has 1 N–H and O–H groups in total. The lowest BCUT2D eigenvalue weighted by molar-refractivity contribution is 0.112. The van der Waals surface area contributed by atoms with Crippen molar-refractivity contribution in [1.29, 1.82) is 0 Å². The fraction of sp³-hybridized carbons (Fsp3) is 0.182. The van der Waals surface area contributed by atoms with Crippen LogP contribution in [0.5, 0.6) is 0 Å². The van der Waals surface area contributed by atoms with Gasteiger partial charge >= 0.3 is 0 Å². The minimum atomic E-state index is -0.0756. The molecule has 0 spiro atoms. The van der Waals surface area contributed by atoms with Crippen molar-refractivity contribution >= 4 is 27.7 Å². The van der Waals surface area contributed by atoms with Gasteiger partial charge < -0.3 is 5.11 Å². The van der Waals surface area contributed by atoms with E-state index in [1.54, 1.807) is 0 Å². The van der Waals surface area contributed by atoms with Crippen LogP contribution >= 0.6 is 11.3 Å². The highest BCUT2D eigenvalue weighted by molar-refractivity contribution is 7.17.